The molecule has 0 atom stereocenters. The fourth-order valence-electron chi connectivity index (χ4n) is 3.99. The Balaban J connectivity index is 1.40. The maximum atomic E-state index is 12.4. The molecule has 182 valence electrons. The van der Waals surface area contributed by atoms with Gasteiger partial charge in [-0.25, -0.2) is 4.98 Å². The van der Waals surface area contributed by atoms with E-state index in [0.717, 1.165) is 38.8 Å². The summed E-state index contributed by atoms with van der Waals surface area (Å²) in [7, 11) is 0. The second kappa shape index (κ2) is 8.59. The molecule has 6 rings (SSSR count). The highest BCUT2D eigenvalue weighted by molar-refractivity contribution is 5.97. The summed E-state index contributed by atoms with van der Waals surface area (Å²) in [5, 5.41) is 11.3. The van der Waals surface area contributed by atoms with Crippen LogP contribution in [-0.4, -0.2) is 46.0 Å². The number of carbonyl (C=O) groups excluding carboxylic acids is 1. The van der Waals surface area contributed by atoms with Gasteiger partial charge in [0.2, 0.25) is 5.91 Å². The number of hydrogen-bond donors (Lipinski definition) is 3. The van der Waals surface area contributed by atoms with Crippen molar-refractivity contribution in [1.82, 2.24) is 40.1 Å². The number of nitrogens with one attached hydrogen (secondary N) is 3. The number of aromatic amines is 2. The summed E-state index contributed by atoms with van der Waals surface area (Å²) >= 11 is 0. The molecule has 0 saturated carbocycles. The molecule has 10 heteroatoms. The van der Waals surface area contributed by atoms with Crippen molar-refractivity contribution in [3.05, 3.63) is 67.5 Å². The number of hydrogen-bond acceptors (Lipinski definition) is 7. The molecule has 6 aromatic heterocycles. The molecule has 6 heterocycles. The van der Waals surface area contributed by atoms with Gasteiger partial charge in [0, 0.05) is 46.7 Å². The first-order chi connectivity index (χ1) is 17.9. The number of rotatable bonds is 4. The number of pyridine rings is 4. The lowest BCUT2D eigenvalue weighted by atomic mass is 9.95. The van der Waals surface area contributed by atoms with Crippen LogP contribution in [0.1, 0.15) is 20.8 Å². The summed E-state index contributed by atoms with van der Waals surface area (Å²) in [4.78, 5) is 38.2. The Morgan fingerprint density at radius 3 is 2.51 bits per heavy atom. The highest BCUT2D eigenvalue weighted by Gasteiger charge is 2.22. The normalized spacial score (nSPS) is 11.8. The number of H-pyrrole nitrogens is 2. The second-order valence-electron chi connectivity index (χ2n) is 9.73. The van der Waals surface area contributed by atoms with Crippen molar-refractivity contribution < 1.29 is 4.79 Å². The third-order valence-electron chi connectivity index (χ3n) is 6.00. The van der Waals surface area contributed by atoms with Gasteiger partial charge >= 0.3 is 0 Å². The van der Waals surface area contributed by atoms with Gasteiger partial charge < -0.3 is 10.3 Å². The quantitative estimate of drug-likeness (QED) is 0.317. The highest BCUT2D eigenvalue weighted by atomic mass is 16.2. The van der Waals surface area contributed by atoms with Gasteiger partial charge in [-0.1, -0.05) is 20.8 Å². The van der Waals surface area contributed by atoms with E-state index in [1.54, 1.807) is 37.2 Å². The van der Waals surface area contributed by atoms with E-state index in [2.05, 4.69) is 40.4 Å². The third-order valence-corrected chi connectivity index (χ3v) is 6.00. The van der Waals surface area contributed by atoms with Crippen LogP contribution in [0.4, 0.5) is 5.69 Å². The number of anilines is 1. The molecule has 10 nitrogen and oxygen atoms in total. The fraction of sp³-hybridized carbons (Fsp3) is 0.148. The van der Waals surface area contributed by atoms with Crippen molar-refractivity contribution in [3.63, 3.8) is 0 Å². The summed E-state index contributed by atoms with van der Waals surface area (Å²) in [6.07, 6.45) is 10.3. The van der Waals surface area contributed by atoms with Crippen molar-refractivity contribution in [3.8, 4) is 34.0 Å². The molecule has 0 aliphatic carbocycles. The van der Waals surface area contributed by atoms with Crippen LogP contribution in [0.15, 0.2) is 67.5 Å². The van der Waals surface area contributed by atoms with Gasteiger partial charge in [-0.3, -0.25) is 29.8 Å². The number of fused-ring (bicyclic) bond motifs is 2. The van der Waals surface area contributed by atoms with Gasteiger partial charge in [0.05, 0.1) is 40.5 Å². The average Bonchev–Trinajstić information content (AvgIpc) is 3.52. The first kappa shape index (κ1) is 22.5. The number of aromatic nitrogens is 8. The van der Waals surface area contributed by atoms with E-state index in [0.29, 0.717) is 22.9 Å². The van der Waals surface area contributed by atoms with Crippen molar-refractivity contribution >= 4 is 33.5 Å². The highest BCUT2D eigenvalue weighted by Crippen LogP contribution is 2.32. The lowest BCUT2D eigenvalue weighted by molar-refractivity contribution is -0.123. The predicted molar refractivity (Wildman–Crippen MR) is 141 cm³/mol. The van der Waals surface area contributed by atoms with Crippen LogP contribution in [-0.2, 0) is 4.79 Å². The SMILES string of the molecule is CC(C)(C)C(=O)Nc1cncc(-c2cc3c(-c4nc5c(-c6ccncc6)nccc5[nH]4)n[nH]c3cn2)c1. The molecule has 37 heavy (non-hydrogen) atoms. The van der Waals surface area contributed by atoms with Gasteiger partial charge in [0.25, 0.3) is 0 Å². The number of nitrogens with zero attached hydrogens (tertiary/aromatic N) is 6. The van der Waals surface area contributed by atoms with Gasteiger partial charge in [0.15, 0.2) is 5.82 Å². The molecule has 0 radical (unpaired) electrons. The van der Waals surface area contributed by atoms with Crippen molar-refractivity contribution in [2.45, 2.75) is 20.8 Å². The maximum absolute atomic E-state index is 12.4. The minimum absolute atomic E-state index is 0.0857. The lowest BCUT2D eigenvalue weighted by Gasteiger charge is -2.17. The average molecular weight is 490 g/mol. The summed E-state index contributed by atoms with van der Waals surface area (Å²) in [5.74, 6) is 0.531. The molecule has 1 amide bonds. The Hall–Kier alpha value is -4.99. The van der Waals surface area contributed by atoms with Crippen LogP contribution >= 0.6 is 0 Å². The number of carbonyl (C=O) groups is 1. The van der Waals surface area contributed by atoms with Crippen LogP contribution in [0.3, 0.4) is 0 Å². The first-order valence-electron chi connectivity index (χ1n) is 11.7. The molecule has 0 aliphatic rings. The zero-order chi connectivity index (χ0) is 25.6. The van der Waals surface area contributed by atoms with E-state index in [1.165, 1.54) is 0 Å². The molecule has 6 aromatic rings. The van der Waals surface area contributed by atoms with Crippen LogP contribution in [0.25, 0.3) is 56.0 Å². The van der Waals surface area contributed by atoms with Crippen LogP contribution < -0.4 is 5.32 Å². The number of amides is 1. The summed E-state index contributed by atoms with van der Waals surface area (Å²) in [5.41, 5.74) is 6.32. The lowest BCUT2D eigenvalue weighted by Crippen LogP contribution is -2.27. The van der Waals surface area contributed by atoms with E-state index in [-0.39, 0.29) is 5.91 Å². The Morgan fingerprint density at radius 2 is 1.70 bits per heavy atom. The predicted octanol–water partition coefficient (Wildman–Crippen LogP) is 5.00. The molecule has 0 bridgehead atoms. The van der Waals surface area contributed by atoms with Crippen LogP contribution in [0.2, 0.25) is 0 Å². The Bertz CT molecular complexity index is 1760. The molecule has 0 aromatic carbocycles. The minimum atomic E-state index is -0.516. The van der Waals surface area contributed by atoms with Crippen LogP contribution in [0, 0.1) is 5.41 Å². The van der Waals surface area contributed by atoms with Crippen LogP contribution in [0.5, 0.6) is 0 Å². The van der Waals surface area contributed by atoms with E-state index in [9.17, 15) is 4.79 Å². The standard InChI is InChI=1S/C27H23N9O/c1-27(2,3)26(37)32-17-10-16(12-29-13-17)20-11-18-21(14-31-20)35-36-23(18)25-33-19-6-9-30-22(24(19)34-25)15-4-7-28-8-5-15/h4-14H,1-3H3,(H,32,37)(H,33,34)(H,35,36). The maximum Gasteiger partial charge on any atom is 0.229 e. The second-order valence-corrected chi connectivity index (χ2v) is 9.73. The molecular weight excluding hydrogens is 466 g/mol. The molecule has 3 N–H and O–H groups in total. The van der Waals surface area contributed by atoms with Gasteiger partial charge in [-0.2, -0.15) is 5.10 Å². The van der Waals surface area contributed by atoms with E-state index in [4.69, 9.17) is 4.98 Å². The molecule has 0 fully saturated rings. The topological polar surface area (TPSA) is 138 Å². The zero-order valence-corrected chi connectivity index (χ0v) is 20.4. The smallest absolute Gasteiger partial charge is 0.229 e. The summed E-state index contributed by atoms with van der Waals surface area (Å²) in [6.45, 7) is 5.59. The third kappa shape index (κ3) is 4.18. The molecular formula is C27H23N9O. The largest absolute Gasteiger partial charge is 0.336 e. The fourth-order valence-corrected chi connectivity index (χ4v) is 3.99. The summed E-state index contributed by atoms with van der Waals surface area (Å²) in [6, 6.07) is 9.50. The van der Waals surface area contributed by atoms with Gasteiger partial charge in [-0.05, 0) is 30.3 Å². The summed E-state index contributed by atoms with van der Waals surface area (Å²) < 4.78 is 0. The van der Waals surface area contributed by atoms with E-state index >= 15 is 0 Å². The molecule has 0 spiro atoms. The van der Waals surface area contributed by atoms with E-state index in [1.807, 2.05) is 51.1 Å². The Labute approximate surface area is 211 Å². The minimum Gasteiger partial charge on any atom is -0.336 e. The molecule has 0 saturated heterocycles. The Morgan fingerprint density at radius 1 is 0.865 bits per heavy atom. The molecule has 0 aliphatic heterocycles. The van der Waals surface area contributed by atoms with Gasteiger partial charge in [0.1, 0.15) is 11.2 Å². The number of imidazole rings is 1. The van der Waals surface area contributed by atoms with E-state index < -0.39 is 5.41 Å². The Kier molecular flexibility index (Phi) is 5.22. The zero-order valence-electron chi connectivity index (χ0n) is 20.4. The monoisotopic (exact) mass is 489 g/mol. The van der Waals surface area contributed by atoms with Crippen molar-refractivity contribution in [2.24, 2.45) is 5.41 Å². The first-order valence-corrected chi connectivity index (χ1v) is 11.7. The van der Waals surface area contributed by atoms with Gasteiger partial charge in [-0.15, -0.1) is 0 Å². The van der Waals surface area contributed by atoms with Crippen molar-refractivity contribution in [2.75, 3.05) is 5.32 Å². The van der Waals surface area contributed by atoms with Crippen molar-refractivity contribution in [1.29, 1.82) is 0 Å². The molecule has 0 unspecified atom stereocenters.